The van der Waals surface area contributed by atoms with Crippen LogP contribution in [0.3, 0.4) is 0 Å². The highest BCUT2D eigenvalue weighted by Crippen LogP contribution is 2.23. The number of benzene rings is 1. The third-order valence-corrected chi connectivity index (χ3v) is 4.56. The molecule has 0 saturated carbocycles. The molecule has 3 rings (SSSR count). The van der Waals surface area contributed by atoms with Crippen LogP contribution >= 0.6 is 11.3 Å². The zero-order valence-corrected chi connectivity index (χ0v) is 14.9. The van der Waals surface area contributed by atoms with Crippen molar-refractivity contribution in [3.05, 3.63) is 52.5 Å². The summed E-state index contributed by atoms with van der Waals surface area (Å²) in [5.74, 6) is -2.27. The second kappa shape index (κ2) is 7.29. The number of carbonyl (C=O) groups excluding carboxylic acids is 2. The first-order chi connectivity index (χ1) is 12.5. The van der Waals surface area contributed by atoms with E-state index >= 15 is 0 Å². The Morgan fingerprint density at radius 2 is 2.15 bits per heavy atom. The van der Waals surface area contributed by atoms with Crippen LogP contribution in [0.5, 0.6) is 0 Å². The maximum absolute atomic E-state index is 12.7. The Hall–Kier alpha value is -3.31. The fraction of sp³-hybridized carbons (Fsp3) is 0.167. The second-order valence-corrected chi connectivity index (χ2v) is 6.65. The van der Waals surface area contributed by atoms with Crippen LogP contribution in [0.4, 0.5) is 5.82 Å². The molecule has 26 heavy (non-hydrogen) atoms. The van der Waals surface area contributed by atoms with Crippen LogP contribution in [0.25, 0.3) is 11.3 Å². The molecular formula is C18H15N5O2S. The number of ketones is 1. The van der Waals surface area contributed by atoms with Crippen molar-refractivity contribution in [1.82, 2.24) is 14.8 Å². The predicted molar refractivity (Wildman–Crippen MR) is 97.6 cm³/mol. The monoisotopic (exact) mass is 365 g/mol. The largest absolute Gasteiger partial charge is 0.309 e. The Bertz CT molecular complexity index is 1010. The highest BCUT2D eigenvalue weighted by Gasteiger charge is 2.28. The van der Waals surface area contributed by atoms with Gasteiger partial charge in [0.05, 0.1) is 23.0 Å². The second-order valence-electron chi connectivity index (χ2n) is 5.59. The van der Waals surface area contributed by atoms with Gasteiger partial charge in [-0.15, -0.1) is 11.3 Å². The van der Waals surface area contributed by atoms with Crippen molar-refractivity contribution in [1.29, 1.82) is 5.26 Å². The quantitative estimate of drug-likeness (QED) is 0.553. The van der Waals surface area contributed by atoms with Crippen molar-refractivity contribution in [3.63, 3.8) is 0 Å². The highest BCUT2D eigenvalue weighted by molar-refractivity contribution is 7.09. The summed E-state index contributed by atoms with van der Waals surface area (Å²) in [5.41, 5.74) is 1.82. The first-order valence-electron chi connectivity index (χ1n) is 7.75. The number of aryl methyl sites for hydroxylation is 2. The normalized spacial score (nSPS) is 11.6. The number of nitrogens with zero attached hydrogens (tertiary/aromatic N) is 4. The number of Topliss-reactive ketones (excluding diaryl/α,β-unsaturated/α-hetero) is 1. The van der Waals surface area contributed by atoms with Gasteiger partial charge in [-0.2, -0.15) is 10.4 Å². The number of thiazole rings is 1. The SMILES string of the molecule is Cc1nc(-c2cccc(C(=O)[C@@H](C#N)C(=O)Nc3ccnn3C)c2)cs1. The third kappa shape index (κ3) is 3.53. The molecule has 0 radical (unpaired) electrons. The van der Waals surface area contributed by atoms with Crippen LogP contribution in [0.1, 0.15) is 15.4 Å². The highest BCUT2D eigenvalue weighted by atomic mass is 32.1. The number of rotatable bonds is 5. The van der Waals surface area contributed by atoms with Crippen LogP contribution in [0.2, 0.25) is 0 Å². The summed E-state index contributed by atoms with van der Waals surface area (Å²) in [7, 11) is 1.65. The molecule has 8 heteroatoms. The molecule has 0 aliphatic heterocycles. The van der Waals surface area contributed by atoms with Gasteiger partial charge in [-0.3, -0.25) is 14.3 Å². The molecular weight excluding hydrogens is 350 g/mol. The minimum atomic E-state index is -1.45. The predicted octanol–water partition coefficient (Wildman–Crippen LogP) is 2.81. The average Bonchev–Trinajstić information content (AvgIpc) is 3.24. The molecule has 130 valence electrons. The van der Waals surface area contributed by atoms with Gasteiger partial charge < -0.3 is 5.32 Å². The molecule has 2 aromatic heterocycles. The molecule has 0 unspecified atom stereocenters. The molecule has 3 aromatic rings. The number of nitrogens with one attached hydrogen (secondary N) is 1. The average molecular weight is 365 g/mol. The van der Waals surface area contributed by atoms with Gasteiger partial charge in [0.1, 0.15) is 5.82 Å². The molecule has 0 fully saturated rings. The number of nitriles is 1. The molecule has 2 heterocycles. The lowest BCUT2D eigenvalue weighted by molar-refractivity contribution is -0.117. The maximum Gasteiger partial charge on any atom is 0.250 e. The number of amides is 1. The molecule has 0 saturated heterocycles. The first kappa shape index (κ1) is 17.5. The van der Waals surface area contributed by atoms with E-state index in [2.05, 4.69) is 15.4 Å². The van der Waals surface area contributed by atoms with E-state index in [1.807, 2.05) is 18.4 Å². The van der Waals surface area contributed by atoms with E-state index in [1.54, 1.807) is 37.4 Å². The van der Waals surface area contributed by atoms with Gasteiger partial charge in [-0.05, 0) is 13.0 Å². The van der Waals surface area contributed by atoms with Gasteiger partial charge in [0.15, 0.2) is 11.7 Å². The summed E-state index contributed by atoms with van der Waals surface area (Å²) in [4.78, 5) is 29.5. The van der Waals surface area contributed by atoms with Crippen LogP contribution < -0.4 is 5.32 Å². The Kier molecular flexibility index (Phi) is 4.91. The fourth-order valence-electron chi connectivity index (χ4n) is 2.43. The van der Waals surface area contributed by atoms with E-state index in [9.17, 15) is 14.9 Å². The smallest absolute Gasteiger partial charge is 0.250 e. The summed E-state index contributed by atoms with van der Waals surface area (Å²) in [6.45, 7) is 1.90. The Morgan fingerprint density at radius 3 is 2.77 bits per heavy atom. The zero-order chi connectivity index (χ0) is 18.7. The lowest BCUT2D eigenvalue weighted by Gasteiger charge is -2.10. The maximum atomic E-state index is 12.7. The number of hydrogen-bond acceptors (Lipinski definition) is 6. The molecule has 0 spiro atoms. The van der Waals surface area contributed by atoms with E-state index in [0.29, 0.717) is 11.4 Å². The summed E-state index contributed by atoms with van der Waals surface area (Å²) < 4.78 is 1.45. The number of anilines is 1. The van der Waals surface area contributed by atoms with Crippen molar-refractivity contribution in [2.24, 2.45) is 13.0 Å². The van der Waals surface area contributed by atoms with E-state index in [4.69, 9.17) is 0 Å². The molecule has 1 atom stereocenters. The number of carbonyl (C=O) groups is 2. The van der Waals surface area contributed by atoms with Gasteiger partial charge in [0.2, 0.25) is 0 Å². The number of aromatic nitrogens is 3. The van der Waals surface area contributed by atoms with E-state index in [0.717, 1.165) is 16.3 Å². The van der Waals surface area contributed by atoms with E-state index < -0.39 is 17.6 Å². The number of hydrogen-bond donors (Lipinski definition) is 1. The van der Waals surface area contributed by atoms with E-state index in [-0.39, 0.29) is 0 Å². The molecule has 1 N–H and O–H groups in total. The van der Waals surface area contributed by atoms with Crippen molar-refractivity contribution in [2.75, 3.05) is 5.32 Å². The molecule has 0 aliphatic rings. The van der Waals surface area contributed by atoms with Crippen LogP contribution in [-0.4, -0.2) is 26.5 Å². The molecule has 0 bridgehead atoms. The van der Waals surface area contributed by atoms with Crippen LogP contribution in [0.15, 0.2) is 41.9 Å². The lowest BCUT2D eigenvalue weighted by atomic mass is 9.96. The zero-order valence-electron chi connectivity index (χ0n) is 14.1. The van der Waals surface area contributed by atoms with Crippen molar-refractivity contribution in [3.8, 4) is 17.3 Å². The van der Waals surface area contributed by atoms with Gasteiger partial charge in [-0.25, -0.2) is 4.98 Å². The molecule has 7 nitrogen and oxygen atoms in total. The van der Waals surface area contributed by atoms with E-state index in [1.165, 1.54) is 22.2 Å². The summed E-state index contributed by atoms with van der Waals surface area (Å²) >= 11 is 1.51. The van der Waals surface area contributed by atoms with Gasteiger partial charge >= 0.3 is 0 Å². The summed E-state index contributed by atoms with van der Waals surface area (Å²) in [5, 5.41) is 18.7. The standard InChI is InChI=1S/C18H15N5O2S/c1-11-21-15(10-26-11)12-4-3-5-13(8-12)17(24)14(9-19)18(25)22-16-6-7-20-23(16)2/h3-8,10,14H,1-2H3,(H,22,25)/t14-/m1/s1. The van der Waals surface area contributed by atoms with Gasteiger partial charge in [0, 0.05) is 29.6 Å². The molecule has 0 aliphatic carbocycles. The Morgan fingerprint density at radius 1 is 1.35 bits per heavy atom. The van der Waals surface area contributed by atoms with Crippen molar-refractivity contribution >= 4 is 28.8 Å². The summed E-state index contributed by atoms with van der Waals surface area (Å²) in [6, 6.07) is 10.2. The van der Waals surface area contributed by atoms with Crippen LogP contribution in [-0.2, 0) is 11.8 Å². The topological polar surface area (TPSA) is 101 Å². The third-order valence-electron chi connectivity index (χ3n) is 3.79. The summed E-state index contributed by atoms with van der Waals surface area (Å²) in [6.07, 6.45) is 1.51. The molecule has 1 amide bonds. The minimum absolute atomic E-state index is 0.292. The first-order valence-corrected chi connectivity index (χ1v) is 8.63. The Labute approximate surface area is 153 Å². The van der Waals surface area contributed by atoms with Crippen molar-refractivity contribution < 1.29 is 9.59 Å². The van der Waals surface area contributed by atoms with Crippen LogP contribution in [0, 0.1) is 24.2 Å². The minimum Gasteiger partial charge on any atom is -0.309 e. The Balaban J connectivity index is 1.84. The van der Waals surface area contributed by atoms with Gasteiger partial charge in [0.25, 0.3) is 5.91 Å². The lowest BCUT2D eigenvalue weighted by Crippen LogP contribution is -2.29. The van der Waals surface area contributed by atoms with Gasteiger partial charge in [-0.1, -0.05) is 18.2 Å². The fourth-order valence-corrected chi connectivity index (χ4v) is 3.05. The molecule has 1 aromatic carbocycles. The van der Waals surface area contributed by atoms with Crippen molar-refractivity contribution in [2.45, 2.75) is 6.92 Å².